The monoisotopic (exact) mass is 540 g/mol. The van der Waals surface area contributed by atoms with E-state index in [9.17, 15) is 24.7 Å². The first kappa shape index (κ1) is 24.1. The number of oxime groups is 1. The molecule has 0 bridgehead atoms. The fraction of sp³-hybridized carbons (Fsp3) is 0.235. The van der Waals surface area contributed by atoms with Gasteiger partial charge in [0.05, 0.1) is 6.20 Å². The second kappa shape index (κ2) is 10.5. The number of nitrogens with two attached hydrogens (primary N) is 1. The third kappa shape index (κ3) is 4.91. The van der Waals surface area contributed by atoms with E-state index in [0.717, 1.165) is 16.4 Å². The molecule has 2 atom stereocenters. The van der Waals surface area contributed by atoms with Gasteiger partial charge in [0, 0.05) is 21.8 Å². The van der Waals surface area contributed by atoms with Crippen molar-refractivity contribution in [2.24, 2.45) is 5.16 Å². The zero-order valence-electron chi connectivity index (χ0n) is 16.9. The summed E-state index contributed by atoms with van der Waals surface area (Å²) >= 11 is 5.07. The van der Waals surface area contributed by atoms with Crippen LogP contribution in [0.25, 0.3) is 0 Å². The van der Waals surface area contributed by atoms with Crippen molar-refractivity contribution in [2.45, 2.75) is 16.4 Å². The van der Waals surface area contributed by atoms with Crippen LogP contribution in [0.5, 0.6) is 0 Å². The SMILES string of the molecule is Nc1nc(/C(=N/O)C(=O)NC2C(=O)N3C(C(=O)O)=C(S/C=C\CSc4cn[nH]n4)CS[C@H]23)cs1. The number of nitrogen functional groups attached to an aromatic ring is 1. The van der Waals surface area contributed by atoms with Crippen LogP contribution in [0.1, 0.15) is 5.69 Å². The average molecular weight is 541 g/mol. The third-order valence-electron chi connectivity index (χ3n) is 4.53. The number of hydrogen-bond acceptors (Lipinski definition) is 13. The summed E-state index contributed by atoms with van der Waals surface area (Å²) in [6.07, 6.45) is 3.45. The summed E-state index contributed by atoms with van der Waals surface area (Å²) in [6, 6.07) is -0.972. The summed E-state index contributed by atoms with van der Waals surface area (Å²) < 4.78 is 0. The van der Waals surface area contributed by atoms with E-state index in [0.29, 0.717) is 16.4 Å². The number of aromatic nitrogens is 4. The zero-order chi connectivity index (χ0) is 24.2. The highest BCUT2D eigenvalue weighted by atomic mass is 32.2. The molecule has 2 amide bonds. The van der Waals surface area contributed by atoms with Crippen LogP contribution in [0, 0.1) is 0 Å². The number of β-lactam (4-membered cyclic amide) rings is 1. The van der Waals surface area contributed by atoms with Gasteiger partial charge in [-0.2, -0.15) is 10.3 Å². The van der Waals surface area contributed by atoms with Gasteiger partial charge in [-0.05, 0) is 5.41 Å². The van der Waals surface area contributed by atoms with Crippen LogP contribution >= 0.6 is 46.6 Å². The molecule has 1 fully saturated rings. The van der Waals surface area contributed by atoms with E-state index in [1.807, 2.05) is 6.08 Å². The van der Waals surface area contributed by atoms with E-state index in [1.165, 1.54) is 45.6 Å². The number of aromatic amines is 1. The Kier molecular flexibility index (Phi) is 7.44. The van der Waals surface area contributed by atoms with Gasteiger partial charge in [0.2, 0.25) is 0 Å². The van der Waals surface area contributed by atoms with E-state index < -0.39 is 29.2 Å². The quantitative estimate of drug-likeness (QED) is 0.0984. The van der Waals surface area contributed by atoms with Crippen LogP contribution in [0.15, 0.2) is 43.8 Å². The number of carbonyl (C=O) groups excluding carboxylic acids is 2. The average Bonchev–Trinajstić information content (AvgIpc) is 3.49. The third-order valence-corrected chi connectivity index (χ3v) is 8.47. The molecule has 2 aliphatic heterocycles. The van der Waals surface area contributed by atoms with Crippen LogP contribution in [-0.2, 0) is 14.4 Å². The fourth-order valence-corrected chi connectivity index (χ4v) is 6.65. The summed E-state index contributed by atoms with van der Waals surface area (Å²) in [5.74, 6) is -1.66. The lowest BCUT2D eigenvalue weighted by molar-refractivity contribution is -0.150. The first-order valence-electron chi connectivity index (χ1n) is 9.36. The minimum absolute atomic E-state index is 0.0701. The summed E-state index contributed by atoms with van der Waals surface area (Å²) in [5, 5.41) is 38.1. The number of H-pyrrole nitrogens is 1. The highest BCUT2D eigenvalue weighted by molar-refractivity contribution is 8.08. The van der Waals surface area contributed by atoms with Crippen LogP contribution in [0.2, 0.25) is 0 Å². The molecule has 4 rings (SSSR count). The van der Waals surface area contributed by atoms with E-state index in [2.05, 4.69) is 30.9 Å². The fourth-order valence-electron chi connectivity index (χ4n) is 3.06. The standard InChI is InChI=1S/C17H16N8O5S4/c18-17-20-7(5-34-17)10(23-30)13(26)21-11-14(27)25-12(16(28)29)8(6-33-15(11)25)31-2-1-3-32-9-4-19-24-22-9/h1-2,4-5,11,15,30H,3,6H2,(H2,18,20)(H,21,26)(H,28,29)(H,19,22,24)/b2-1-,23-10-/t11?,15-/m1/s1. The molecule has 2 aliphatic rings. The first-order valence-corrected chi connectivity index (χ1v) is 13.2. The maximum atomic E-state index is 12.8. The number of nitrogens with one attached hydrogen (secondary N) is 2. The van der Waals surface area contributed by atoms with Gasteiger partial charge in [0.25, 0.3) is 11.8 Å². The zero-order valence-corrected chi connectivity index (χ0v) is 20.2. The number of thioether (sulfide) groups is 3. The predicted molar refractivity (Wildman–Crippen MR) is 128 cm³/mol. The second-order valence-electron chi connectivity index (χ2n) is 6.57. The Morgan fingerprint density at radius 2 is 2.29 bits per heavy atom. The van der Waals surface area contributed by atoms with Gasteiger partial charge in [-0.25, -0.2) is 9.78 Å². The van der Waals surface area contributed by atoms with E-state index in [-0.39, 0.29) is 22.2 Å². The number of nitrogens with zero attached hydrogens (tertiary/aromatic N) is 5. The molecule has 0 spiro atoms. The normalized spacial score (nSPS) is 20.4. The van der Waals surface area contributed by atoms with Crippen molar-refractivity contribution in [3.8, 4) is 0 Å². The van der Waals surface area contributed by atoms with Crippen LogP contribution in [-0.4, -0.2) is 82.0 Å². The highest BCUT2D eigenvalue weighted by Gasteiger charge is 2.54. The molecule has 0 saturated carbocycles. The van der Waals surface area contributed by atoms with E-state index >= 15 is 0 Å². The Labute approximate surface area is 208 Å². The van der Waals surface area contributed by atoms with Crippen molar-refractivity contribution in [1.82, 2.24) is 30.6 Å². The highest BCUT2D eigenvalue weighted by Crippen LogP contribution is 2.43. The molecule has 2 aromatic heterocycles. The molecule has 2 aromatic rings. The number of rotatable bonds is 9. The van der Waals surface area contributed by atoms with Gasteiger partial charge in [-0.3, -0.25) is 14.5 Å². The Hall–Kier alpha value is -3.02. The molecule has 13 nitrogen and oxygen atoms in total. The second-order valence-corrected chi connectivity index (χ2v) is 10.6. The van der Waals surface area contributed by atoms with Crippen LogP contribution < -0.4 is 11.1 Å². The Morgan fingerprint density at radius 3 is 2.94 bits per heavy atom. The number of thiazole rings is 1. The van der Waals surface area contributed by atoms with Gasteiger partial charge >= 0.3 is 5.97 Å². The first-order chi connectivity index (χ1) is 16.4. The predicted octanol–water partition coefficient (Wildman–Crippen LogP) is 0.757. The van der Waals surface area contributed by atoms with Gasteiger partial charge in [0.1, 0.15) is 27.8 Å². The smallest absolute Gasteiger partial charge is 0.353 e. The molecule has 178 valence electrons. The number of hydrogen-bond donors (Lipinski definition) is 5. The number of fused-ring (bicyclic) bond motifs is 1. The van der Waals surface area contributed by atoms with Crippen LogP contribution in [0.3, 0.4) is 0 Å². The van der Waals surface area contributed by atoms with Gasteiger partial charge in [-0.1, -0.05) is 34.8 Å². The van der Waals surface area contributed by atoms with Gasteiger partial charge in [-0.15, -0.1) is 28.2 Å². The maximum absolute atomic E-state index is 12.8. The molecule has 1 saturated heterocycles. The number of carbonyl (C=O) groups is 3. The Bertz CT molecular complexity index is 1190. The number of amides is 2. The number of anilines is 1. The Balaban J connectivity index is 1.40. The van der Waals surface area contributed by atoms with Crippen molar-refractivity contribution >= 4 is 75.2 Å². The lowest BCUT2D eigenvalue weighted by Crippen LogP contribution is -2.71. The van der Waals surface area contributed by atoms with E-state index in [1.54, 1.807) is 11.6 Å². The molecular formula is C17H16N8O5S4. The van der Waals surface area contributed by atoms with Crippen LogP contribution in [0.4, 0.5) is 5.13 Å². The van der Waals surface area contributed by atoms with Crippen molar-refractivity contribution in [3.63, 3.8) is 0 Å². The minimum atomic E-state index is -1.23. The summed E-state index contributed by atoms with van der Waals surface area (Å²) in [5.41, 5.74) is 5.12. The molecule has 4 heterocycles. The largest absolute Gasteiger partial charge is 0.477 e. The minimum Gasteiger partial charge on any atom is -0.477 e. The molecule has 6 N–H and O–H groups in total. The lowest BCUT2D eigenvalue weighted by Gasteiger charge is -2.49. The molecule has 17 heteroatoms. The molecule has 0 radical (unpaired) electrons. The number of carboxylic acid groups (broad SMARTS) is 1. The lowest BCUT2D eigenvalue weighted by atomic mass is 10.0. The number of carboxylic acids is 1. The molecule has 34 heavy (non-hydrogen) atoms. The molecule has 0 aliphatic carbocycles. The maximum Gasteiger partial charge on any atom is 0.353 e. The summed E-state index contributed by atoms with van der Waals surface area (Å²) in [6.45, 7) is 0. The van der Waals surface area contributed by atoms with Crippen molar-refractivity contribution in [2.75, 3.05) is 17.2 Å². The van der Waals surface area contributed by atoms with Crippen molar-refractivity contribution in [3.05, 3.63) is 39.4 Å². The van der Waals surface area contributed by atoms with Crippen molar-refractivity contribution < 1.29 is 24.7 Å². The summed E-state index contributed by atoms with van der Waals surface area (Å²) in [4.78, 5) is 42.8. The summed E-state index contributed by atoms with van der Waals surface area (Å²) in [7, 11) is 0. The number of aliphatic carboxylic acids is 1. The Morgan fingerprint density at radius 1 is 1.47 bits per heavy atom. The molecular weight excluding hydrogens is 525 g/mol. The van der Waals surface area contributed by atoms with E-state index in [4.69, 9.17) is 5.73 Å². The molecule has 0 aromatic carbocycles. The molecule has 1 unspecified atom stereocenters. The van der Waals surface area contributed by atoms with Crippen molar-refractivity contribution in [1.29, 1.82) is 0 Å². The van der Waals surface area contributed by atoms with Gasteiger partial charge in [0.15, 0.2) is 10.8 Å². The topological polar surface area (TPSA) is 200 Å². The van der Waals surface area contributed by atoms with Gasteiger partial charge < -0.3 is 21.4 Å².